The monoisotopic (exact) mass is 366 g/mol. The van der Waals surface area contributed by atoms with Gasteiger partial charge >= 0.3 is 12.7 Å². The number of amides is 1. The predicted molar refractivity (Wildman–Crippen MR) is 77.0 cm³/mol. The van der Waals surface area contributed by atoms with Gasteiger partial charge in [-0.25, -0.2) is 10.2 Å². The Kier molecular flexibility index (Phi) is 6.35. The van der Waals surface area contributed by atoms with E-state index in [0.29, 0.717) is 10.0 Å². The Balaban J connectivity index is 2.58. The van der Waals surface area contributed by atoms with Crippen molar-refractivity contribution in [2.45, 2.75) is 39.5 Å². The van der Waals surface area contributed by atoms with Crippen molar-refractivity contribution >= 4 is 22.0 Å². The summed E-state index contributed by atoms with van der Waals surface area (Å²) >= 11 is 3.24. The van der Waals surface area contributed by atoms with Gasteiger partial charge < -0.3 is 9.47 Å². The number of hydrazine groups is 1. The molecule has 0 heterocycles. The summed E-state index contributed by atoms with van der Waals surface area (Å²) in [4.78, 5) is 11.4. The largest absolute Gasteiger partial charge is 0.443 e. The number of carbonyl (C=O) groups excluding carboxylic acids is 1. The molecule has 1 amide bonds. The van der Waals surface area contributed by atoms with Crippen molar-refractivity contribution in [3.05, 3.63) is 28.2 Å². The molecule has 0 bridgehead atoms. The topological polar surface area (TPSA) is 59.6 Å². The van der Waals surface area contributed by atoms with Crippen molar-refractivity contribution in [1.29, 1.82) is 0 Å². The van der Waals surface area contributed by atoms with Gasteiger partial charge in [-0.2, -0.15) is 8.78 Å². The zero-order valence-electron chi connectivity index (χ0n) is 11.9. The zero-order valence-corrected chi connectivity index (χ0v) is 13.5. The number of nitrogens with one attached hydrogen (secondary N) is 2. The van der Waals surface area contributed by atoms with Gasteiger partial charge in [0.2, 0.25) is 0 Å². The second-order valence-corrected chi connectivity index (χ2v) is 6.03. The van der Waals surface area contributed by atoms with Gasteiger partial charge in [0.1, 0.15) is 11.4 Å². The van der Waals surface area contributed by atoms with Crippen LogP contribution in [0.25, 0.3) is 0 Å². The minimum atomic E-state index is -2.91. The van der Waals surface area contributed by atoms with Crippen LogP contribution in [-0.2, 0) is 11.3 Å². The summed E-state index contributed by atoms with van der Waals surface area (Å²) in [6.07, 6.45) is -0.658. The molecule has 0 spiro atoms. The summed E-state index contributed by atoms with van der Waals surface area (Å²) in [7, 11) is 0. The molecule has 1 rings (SSSR count). The normalized spacial score (nSPS) is 11.4. The van der Waals surface area contributed by atoms with Crippen LogP contribution in [0.15, 0.2) is 22.7 Å². The average molecular weight is 367 g/mol. The molecule has 21 heavy (non-hydrogen) atoms. The van der Waals surface area contributed by atoms with Gasteiger partial charge in [0, 0.05) is 16.6 Å². The van der Waals surface area contributed by atoms with E-state index in [4.69, 9.17) is 4.74 Å². The number of benzene rings is 1. The second-order valence-electron chi connectivity index (χ2n) is 5.11. The highest BCUT2D eigenvalue weighted by atomic mass is 79.9. The molecule has 8 heteroatoms. The van der Waals surface area contributed by atoms with Crippen LogP contribution in [0.3, 0.4) is 0 Å². The first-order valence-electron chi connectivity index (χ1n) is 6.12. The molecule has 1 aromatic carbocycles. The molecule has 1 aromatic rings. The molecule has 118 valence electrons. The second kappa shape index (κ2) is 7.56. The van der Waals surface area contributed by atoms with Gasteiger partial charge in [0.05, 0.1) is 0 Å². The molecule has 0 fully saturated rings. The van der Waals surface area contributed by atoms with E-state index >= 15 is 0 Å². The van der Waals surface area contributed by atoms with Gasteiger partial charge in [-0.05, 0) is 39.0 Å². The highest BCUT2D eigenvalue weighted by Gasteiger charge is 2.16. The van der Waals surface area contributed by atoms with Crippen LogP contribution in [0.4, 0.5) is 13.6 Å². The first-order chi connectivity index (χ1) is 9.67. The molecule has 0 aromatic heterocycles. The molecule has 0 aliphatic carbocycles. The van der Waals surface area contributed by atoms with Crippen LogP contribution in [0.5, 0.6) is 5.75 Å². The Morgan fingerprint density at radius 2 is 2.05 bits per heavy atom. The number of hydrogen-bond donors (Lipinski definition) is 2. The maximum absolute atomic E-state index is 12.3. The number of rotatable bonds is 5. The lowest BCUT2D eigenvalue weighted by atomic mass is 10.2. The van der Waals surface area contributed by atoms with Crippen LogP contribution in [0.1, 0.15) is 26.3 Å². The fourth-order valence-corrected chi connectivity index (χ4v) is 1.82. The van der Waals surface area contributed by atoms with Crippen molar-refractivity contribution < 1.29 is 23.0 Å². The lowest BCUT2D eigenvalue weighted by Gasteiger charge is -2.20. The van der Waals surface area contributed by atoms with Crippen molar-refractivity contribution in [3.63, 3.8) is 0 Å². The third kappa shape index (κ3) is 7.24. The van der Waals surface area contributed by atoms with Crippen LogP contribution in [-0.4, -0.2) is 18.3 Å². The number of ether oxygens (including phenoxy) is 2. The molecule has 0 aliphatic rings. The van der Waals surface area contributed by atoms with E-state index in [1.54, 1.807) is 32.9 Å². The Labute approximate surface area is 130 Å². The Morgan fingerprint density at radius 3 is 2.62 bits per heavy atom. The fourth-order valence-electron chi connectivity index (χ4n) is 1.41. The molecule has 0 atom stereocenters. The molecule has 0 aliphatic heterocycles. The molecular weight excluding hydrogens is 350 g/mol. The SMILES string of the molecule is CC(C)(C)OC(=O)NNCc1cc(Br)ccc1OC(F)F. The summed E-state index contributed by atoms with van der Waals surface area (Å²) < 4.78 is 34.7. The summed E-state index contributed by atoms with van der Waals surface area (Å²) in [6, 6.07) is 4.62. The van der Waals surface area contributed by atoms with E-state index in [0.717, 1.165) is 0 Å². The van der Waals surface area contributed by atoms with E-state index in [2.05, 4.69) is 31.5 Å². The van der Waals surface area contributed by atoms with Gasteiger partial charge in [0.15, 0.2) is 0 Å². The maximum Gasteiger partial charge on any atom is 0.422 e. The van der Waals surface area contributed by atoms with Gasteiger partial charge in [-0.3, -0.25) is 5.43 Å². The lowest BCUT2D eigenvalue weighted by Crippen LogP contribution is -2.40. The molecule has 2 N–H and O–H groups in total. The summed E-state index contributed by atoms with van der Waals surface area (Å²) in [5.41, 5.74) is 4.75. The first-order valence-corrected chi connectivity index (χ1v) is 6.92. The average Bonchev–Trinajstić information content (AvgIpc) is 2.29. The molecule has 0 radical (unpaired) electrons. The van der Waals surface area contributed by atoms with Crippen LogP contribution < -0.4 is 15.6 Å². The third-order valence-electron chi connectivity index (χ3n) is 2.11. The van der Waals surface area contributed by atoms with Gasteiger partial charge in [0.25, 0.3) is 0 Å². The van der Waals surface area contributed by atoms with Crippen molar-refractivity contribution in [1.82, 2.24) is 10.9 Å². The van der Waals surface area contributed by atoms with Crippen LogP contribution in [0.2, 0.25) is 0 Å². The molecule has 0 unspecified atom stereocenters. The van der Waals surface area contributed by atoms with E-state index < -0.39 is 18.3 Å². The van der Waals surface area contributed by atoms with Gasteiger partial charge in [-0.15, -0.1) is 0 Å². The summed E-state index contributed by atoms with van der Waals surface area (Å²) in [5.74, 6) is 0.0340. The van der Waals surface area contributed by atoms with E-state index in [9.17, 15) is 13.6 Å². The minimum Gasteiger partial charge on any atom is -0.443 e. The highest BCUT2D eigenvalue weighted by Crippen LogP contribution is 2.24. The Bertz CT molecular complexity index is 493. The van der Waals surface area contributed by atoms with Crippen LogP contribution in [0, 0.1) is 0 Å². The molecular formula is C13H17BrF2N2O3. The quantitative estimate of drug-likeness (QED) is 0.782. The van der Waals surface area contributed by atoms with Crippen molar-refractivity contribution in [2.24, 2.45) is 0 Å². The number of alkyl halides is 2. The fraction of sp³-hybridized carbons (Fsp3) is 0.462. The van der Waals surface area contributed by atoms with E-state index in [1.807, 2.05) is 0 Å². The number of halogens is 3. The number of hydrogen-bond acceptors (Lipinski definition) is 4. The Hall–Kier alpha value is -1.41. The minimum absolute atomic E-state index is 0.0340. The summed E-state index contributed by atoms with van der Waals surface area (Å²) in [6.45, 7) is 2.38. The zero-order chi connectivity index (χ0) is 16.0. The van der Waals surface area contributed by atoms with E-state index in [-0.39, 0.29) is 12.3 Å². The lowest BCUT2D eigenvalue weighted by molar-refractivity contribution is -0.0505. The Morgan fingerprint density at radius 1 is 1.38 bits per heavy atom. The van der Waals surface area contributed by atoms with Crippen molar-refractivity contribution in [2.75, 3.05) is 0 Å². The predicted octanol–water partition coefficient (Wildman–Crippen LogP) is 3.58. The van der Waals surface area contributed by atoms with Gasteiger partial charge in [-0.1, -0.05) is 15.9 Å². The third-order valence-corrected chi connectivity index (χ3v) is 2.60. The van der Waals surface area contributed by atoms with Crippen molar-refractivity contribution in [3.8, 4) is 5.75 Å². The molecule has 0 saturated carbocycles. The van der Waals surface area contributed by atoms with E-state index in [1.165, 1.54) is 6.07 Å². The molecule has 0 saturated heterocycles. The standard InChI is InChI=1S/C13H17BrF2N2O3/c1-13(2,3)21-12(19)18-17-7-8-6-9(14)4-5-10(8)20-11(15)16/h4-6,11,17H,7H2,1-3H3,(H,18,19). The number of carbonyl (C=O) groups is 1. The smallest absolute Gasteiger partial charge is 0.422 e. The maximum atomic E-state index is 12.3. The first kappa shape index (κ1) is 17.6. The summed E-state index contributed by atoms with van der Waals surface area (Å²) in [5, 5.41) is 0. The van der Waals surface area contributed by atoms with Crippen LogP contribution >= 0.6 is 15.9 Å². The highest BCUT2D eigenvalue weighted by molar-refractivity contribution is 9.10. The molecule has 5 nitrogen and oxygen atoms in total.